The van der Waals surface area contributed by atoms with E-state index in [1.807, 2.05) is 4.90 Å². The number of nitrogens with zero attached hydrogens (tertiary/aromatic N) is 4. The Morgan fingerprint density at radius 1 is 1.09 bits per heavy atom. The van der Waals surface area contributed by atoms with Gasteiger partial charge >= 0.3 is 6.18 Å². The monoisotopic (exact) mass is 462 g/mol. The molecular weight excluding hydrogens is 440 g/mol. The van der Waals surface area contributed by atoms with Crippen LogP contribution >= 0.6 is 0 Å². The second kappa shape index (κ2) is 9.57. The highest BCUT2D eigenvalue weighted by Gasteiger charge is 2.31. The van der Waals surface area contributed by atoms with Gasteiger partial charge in [-0.05, 0) is 30.3 Å². The number of hydrogen-bond donors (Lipinski definition) is 2. The molecule has 1 aromatic carbocycles. The summed E-state index contributed by atoms with van der Waals surface area (Å²) >= 11 is 0. The fourth-order valence-corrected chi connectivity index (χ4v) is 3.81. The van der Waals surface area contributed by atoms with Gasteiger partial charge in [-0.15, -0.1) is 0 Å². The number of nitrogens with one attached hydrogen (secondary N) is 2. The smallest absolute Gasteiger partial charge is 0.354 e. The maximum Gasteiger partial charge on any atom is 0.417 e. The summed E-state index contributed by atoms with van der Waals surface area (Å²) in [6, 6.07) is 7.12. The number of aromatic nitrogens is 3. The summed E-state index contributed by atoms with van der Waals surface area (Å²) in [6.07, 6.45) is -1.22. The van der Waals surface area contributed by atoms with Crippen LogP contribution in [0.2, 0.25) is 0 Å². The normalized spacial score (nSPS) is 15.0. The summed E-state index contributed by atoms with van der Waals surface area (Å²) < 4.78 is 52.2. The van der Waals surface area contributed by atoms with Crippen molar-refractivity contribution in [2.24, 2.45) is 0 Å². The second-order valence-electron chi connectivity index (χ2n) is 7.73. The second-order valence-corrected chi connectivity index (χ2v) is 7.73. The fraction of sp³-hybridized carbons (Fsp3) is 0.318. The lowest BCUT2D eigenvalue weighted by molar-refractivity contribution is -0.137. The van der Waals surface area contributed by atoms with Crippen molar-refractivity contribution >= 4 is 12.2 Å². The molecule has 0 bridgehead atoms. The van der Waals surface area contributed by atoms with Gasteiger partial charge in [-0.25, -0.2) is 9.37 Å². The number of halogens is 4. The number of carbonyl (C=O) groups is 1. The maximum absolute atomic E-state index is 14.0. The minimum absolute atomic E-state index is 0.0862. The summed E-state index contributed by atoms with van der Waals surface area (Å²) in [6.45, 7) is 3.35. The largest absolute Gasteiger partial charge is 0.417 e. The van der Waals surface area contributed by atoms with E-state index in [4.69, 9.17) is 0 Å². The van der Waals surface area contributed by atoms with E-state index in [-0.39, 0.29) is 6.54 Å². The number of pyridine rings is 1. The molecule has 0 unspecified atom stereocenters. The molecule has 0 atom stereocenters. The van der Waals surface area contributed by atoms with E-state index in [1.165, 1.54) is 12.1 Å². The summed E-state index contributed by atoms with van der Waals surface area (Å²) in [7, 11) is 0. The number of anilines is 1. The third-order valence-corrected chi connectivity index (χ3v) is 5.58. The topological polar surface area (TPSA) is 77.2 Å². The maximum atomic E-state index is 14.0. The Bertz CT molecular complexity index is 1090. The number of amides is 1. The van der Waals surface area contributed by atoms with Crippen LogP contribution in [0.25, 0.3) is 11.3 Å². The molecule has 174 valence electrons. The lowest BCUT2D eigenvalue weighted by Crippen LogP contribution is -2.46. The van der Waals surface area contributed by atoms with Crippen molar-refractivity contribution in [3.8, 4) is 11.3 Å². The summed E-state index contributed by atoms with van der Waals surface area (Å²) in [4.78, 5) is 18.7. The van der Waals surface area contributed by atoms with Crippen LogP contribution in [0.5, 0.6) is 0 Å². The predicted molar refractivity (Wildman–Crippen MR) is 114 cm³/mol. The molecule has 0 spiro atoms. The Morgan fingerprint density at radius 3 is 2.55 bits per heavy atom. The van der Waals surface area contributed by atoms with E-state index in [1.54, 1.807) is 18.3 Å². The SMILES string of the molecule is O=CNCc1cc(-c2n[nH]cc2CN2CCN(c3ccc(C(F)(F)F)cn3)CC2)ccc1F. The highest BCUT2D eigenvalue weighted by atomic mass is 19.4. The van der Waals surface area contributed by atoms with E-state index >= 15 is 0 Å². The fourth-order valence-electron chi connectivity index (χ4n) is 3.81. The number of aromatic amines is 1. The molecule has 1 fully saturated rings. The van der Waals surface area contributed by atoms with Crippen molar-refractivity contribution in [3.63, 3.8) is 0 Å². The Balaban J connectivity index is 1.39. The van der Waals surface area contributed by atoms with Crippen molar-refractivity contribution in [3.05, 3.63) is 65.2 Å². The van der Waals surface area contributed by atoms with Crippen molar-refractivity contribution < 1.29 is 22.4 Å². The molecule has 1 aliphatic heterocycles. The van der Waals surface area contributed by atoms with Gasteiger partial charge in [0.25, 0.3) is 0 Å². The zero-order chi connectivity index (χ0) is 23.4. The van der Waals surface area contributed by atoms with Gasteiger partial charge in [0.2, 0.25) is 6.41 Å². The number of carbonyl (C=O) groups excluding carboxylic acids is 1. The van der Waals surface area contributed by atoms with Gasteiger partial charge in [0.05, 0.1) is 11.3 Å². The van der Waals surface area contributed by atoms with Crippen LogP contribution in [-0.4, -0.2) is 52.7 Å². The van der Waals surface area contributed by atoms with Gasteiger partial charge in [-0.3, -0.25) is 14.8 Å². The van der Waals surface area contributed by atoms with Crippen molar-refractivity contribution in [1.82, 2.24) is 25.4 Å². The van der Waals surface area contributed by atoms with Crippen LogP contribution in [0, 0.1) is 5.82 Å². The Morgan fingerprint density at radius 2 is 1.88 bits per heavy atom. The minimum atomic E-state index is -4.40. The molecule has 0 saturated carbocycles. The van der Waals surface area contributed by atoms with Crippen molar-refractivity contribution in [2.45, 2.75) is 19.3 Å². The van der Waals surface area contributed by atoms with Gasteiger partial charge < -0.3 is 10.2 Å². The van der Waals surface area contributed by atoms with Gasteiger partial charge in [-0.1, -0.05) is 0 Å². The molecule has 2 aromatic heterocycles. The highest BCUT2D eigenvalue weighted by Crippen LogP contribution is 2.30. The van der Waals surface area contributed by atoms with E-state index < -0.39 is 17.6 Å². The molecule has 1 aliphatic rings. The van der Waals surface area contributed by atoms with E-state index in [0.29, 0.717) is 56.2 Å². The molecule has 0 radical (unpaired) electrons. The number of piperazine rings is 1. The quantitative estimate of drug-likeness (QED) is 0.417. The summed E-state index contributed by atoms with van der Waals surface area (Å²) in [5.41, 5.74) is 1.99. The first kappa shape index (κ1) is 22.7. The van der Waals surface area contributed by atoms with Crippen LogP contribution < -0.4 is 10.2 Å². The molecule has 0 aliphatic carbocycles. The number of alkyl halides is 3. The summed E-state index contributed by atoms with van der Waals surface area (Å²) in [5.74, 6) is 0.118. The molecular formula is C22H22F4N6O. The van der Waals surface area contributed by atoms with Crippen LogP contribution in [0.15, 0.2) is 42.7 Å². The van der Waals surface area contributed by atoms with Gasteiger partial charge in [0, 0.05) is 68.4 Å². The Labute approximate surface area is 187 Å². The first-order valence-electron chi connectivity index (χ1n) is 10.3. The zero-order valence-corrected chi connectivity index (χ0v) is 17.6. The Hall–Kier alpha value is -3.47. The molecule has 33 heavy (non-hydrogen) atoms. The molecule has 1 saturated heterocycles. The number of hydrogen-bond acceptors (Lipinski definition) is 5. The van der Waals surface area contributed by atoms with Crippen molar-refractivity contribution in [2.75, 3.05) is 31.1 Å². The average Bonchev–Trinajstić information content (AvgIpc) is 3.27. The minimum Gasteiger partial charge on any atom is -0.354 e. The van der Waals surface area contributed by atoms with Gasteiger partial charge in [0.1, 0.15) is 11.6 Å². The lowest BCUT2D eigenvalue weighted by Gasteiger charge is -2.35. The molecule has 2 N–H and O–H groups in total. The number of H-pyrrole nitrogens is 1. The van der Waals surface area contributed by atoms with Gasteiger partial charge in [0.15, 0.2) is 0 Å². The first-order valence-corrected chi connectivity index (χ1v) is 10.3. The number of rotatable bonds is 7. The van der Waals surface area contributed by atoms with E-state index in [9.17, 15) is 22.4 Å². The molecule has 3 heterocycles. The molecule has 3 aromatic rings. The first-order chi connectivity index (χ1) is 15.8. The highest BCUT2D eigenvalue weighted by molar-refractivity contribution is 5.63. The van der Waals surface area contributed by atoms with E-state index in [2.05, 4.69) is 25.4 Å². The zero-order valence-electron chi connectivity index (χ0n) is 17.6. The molecule has 11 heteroatoms. The number of benzene rings is 1. The van der Waals surface area contributed by atoms with Crippen LogP contribution in [0.3, 0.4) is 0 Å². The standard InChI is InChI=1S/C22H22F4N6O/c23-19-3-1-15(9-16(19)10-27-14-33)21-17(11-29-30-21)13-31-5-7-32(8-6-31)20-4-2-18(12-28-20)22(24,25)26/h1-4,9,11-12,14H,5-8,10,13H2,(H,27,33)(H,29,30). The Kier molecular flexibility index (Phi) is 6.59. The van der Waals surface area contributed by atoms with Gasteiger partial charge in [-0.2, -0.15) is 18.3 Å². The van der Waals surface area contributed by atoms with E-state index in [0.717, 1.165) is 23.4 Å². The lowest BCUT2D eigenvalue weighted by atomic mass is 10.0. The third-order valence-electron chi connectivity index (χ3n) is 5.58. The van der Waals surface area contributed by atoms with Crippen LogP contribution in [-0.2, 0) is 24.1 Å². The molecule has 4 rings (SSSR count). The van der Waals surface area contributed by atoms with Crippen LogP contribution in [0.1, 0.15) is 16.7 Å². The summed E-state index contributed by atoms with van der Waals surface area (Å²) in [5, 5.41) is 9.64. The third kappa shape index (κ3) is 5.30. The van der Waals surface area contributed by atoms with Crippen LogP contribution in [0.4, 0.5) is 23.4 Å². The van der Waals surface area contributed by atoms with Crippen molar-refractivity contribution in [1.29, 1.82) is 0 Å². The predicted octanol–water partition coefficient (Wildman–Crippen LogP) is 3.20. The molecule has 1 amide bonds. The molecule has 7 nitrogen and oxygen atoms in total. The average molecular weight is 462 g/mol.